The number of hydrogen-bond donors (Lipinski definition) is 1. The Labute approximate surface area is 96.0 Å². The monoisotopic (exact) mass is 228 g/mol. The fourth-order valence-electron chi connectivity index (χ4n) is 1.29. The third-order valence-electron chi connectivity index (χ3n) is 2.27. The molecule has 0 bridgehead atoms. The van der Waals surface area contributed by atoms with Gasteiger partial charge in [0.25, 0.3) is 0 Å². The molecule has 1 aromatic rings. The molecule has 0 saturated carbocycles. The highest BCUT2D eigenvalue weighted by Gasteiger charge is 2.05. The van der Waals surface area contributed by atoms with E-state index < -0.39 is 0 Å². The Bertz CT molecular complexity index is 317. The number of rotatable bonds is 5. The number of halogens is 1. The molecule has 3 nitrogen and oxygen atoms in total. The average Bonchev–Trinajstić information content (AvgIpc) is 2.26. The third kappa shape index (κ3) is 3.29. The summed E-state index contributed by atoms with van der Waals surface area (Å²) < 4.78 is 5.17. The summed E-state index contributed by atoms with van der Waals surface area (Å²) in [6.07, 6.45) is 0. The normalized spacial score (nSPS) is 10.1. The second kappa shape index (κ2) is 5.83. The van der Waals surface area contributed by atoms with Crippen molar-refractivity contribution in [2.75, 3.05) is 39.2 Å². The van der Waals surface area contributed by atoms with Crippen molar-refractivity contribution in [1.82, 2.24) is 5.32 Å². The molecular formula is C11H17ClN2O. The maximum Gasteiger partial charge on any atom is 0.139 e. The lowest BCUT2D eigenvalue weighted by Crippen LogP contribution is -2.26. The summed E-state index contributed by atoms with van der Waals surface area (Å²) in [5.41, 5.74) is 1.10. The molecule has 0 saturated heterocycles. The van der Waals surface area contributed by atoms with E-state index in [0.717, 1.165) is 18.8 Å². The molecule has 0 aromatic heterocycles. The van der Waals surface area contributed by atoms with Crippen LogP contribution in [0.25, 0.3) is 0 Å². The van der Waals surface area contributed by atoms with Crippen LogP contribution >= 0.6 is 11.6 Å². The maximum absolute atomic E-state index is 5.95. The molecule has 0 aliphatic rings. The topological polar surface area (TPSA) is 24.5 Å². The van der Waals surface area contributed by atoms with E-state index in [2.05, 4.69) is 10.2 Å². The molecule has 0 heterocycles. The molecular weight excluding hydrogens is 212 g/mol. The van der Waals surface area contributed by atoms with Crippen molar-refractivity contribution in [2.45, 2.75) is 0 Å². The van der Waals surface area contributed by atoms with E-state index in [4.69, 9.17) is 16.3 Å². The lowest BCUT2D eigenvalue weighted by molar-refractivity contribution is 0.415. The molecule has 1 rings (SSSR count). The second-order valence-electron chi connectivity index (χ2n) is 3.34. The van der Waals surface area contributed by atoms with Gasteiger partial charge in [-0.25, -0.2) is 0 Å². The largest absolute Gasteiger partial charge is 0.495 e. The summed E-state index contributed by atoms with van der Waals surface area (Å²) in [5.74, 6) is 0.713. The molecule has 0 spiro atoms. The minimum Gasteiger partial charge on any atom is -0.495 e. The standard InChI is InChI=1S/C11H17ClN2O/c1-13-6-7-14(2)9-4-5-10(12)11(8-9)15-3/h4-5,8,13H,6-7H2,1-3H3. The van der Waals surface area contributed by atoms with Crippen LogP contribution in [0.15, 0.2) is 18.2 Å². The zero-order chi connectivity index (χ0) is 11.3. The van der Waals surface area contributed by atoms with Crippen molar-refractivity contribution in [3.63, 3.8) is 0 Å². The van der Waals surface area contributed by atoms with Crippen LogP contribution in [0.2, 0.25) is 5.02 Å². The zero-order valence-electron chi connectivity index (χ0n) is 9.38. The smallest absolute Gasteiger partial charge is 0.139 e. The lowest BCUT2D eigenvalue weighted by atomic mass is 10.2. The molecule has 0 amide bonds. The van der Waals surface area contributed by atoms with Crippen molar-refractivity contribution in [2.24, 2.45) is 0 Å². The number of hydrogen-bond acceptors (Lipinski definition) is 3. The molecule has 0 unspecified atom stereocenters. The summed E-state index contributed by atoms with van der Waals surface area (Å²) in [6.45, 7) is 1.89. The minimum atomic E-state index is 0.642. The van der Waals surface area contributed by atoms with Crippen LogP contribution < -0.4 is 15.0 Å². The molecule has 0 aliphatic carbocycles. The first-order chi connectivity index (χ1) is 7.19. The van der Waals surface area contributed by atoms with Gasteiger partial charge in [0, 0.05) is 31.9 Å². The fourth-order valence-corrected chi connectivity index (χ4v) is 1.49. The van der Waals surface area contributed by atoms with Crippen LogP contribution in [-0.4, -0.2) is 34.3 Å². The van der Waals surface area contributed by atoms with Crippen molar-refractivity contribution < 1.29 is 4.74 Å². The molecule has 0 atom stereocenters. The Hall–Kier alpha value is -0.930. The number of benzene rings is 1. The number of likely N-dealkylation sites (N-methyl/N-ethyl adjacent to an activating group) is 2. The Morgan fingerprint density at radius 2 is 2.20 bits per heavy atom. The number of ether oxygens (including phenoxy) is 1. The van der Waals surface area contributed by atoms with Gasteiger partial charge >= 0.3 is 0 Å². The van der Waals surface area contributed by atoms with E-state index in [0.29, 0.717) is 10.8 Å². The van der Waals surface area contributed by atoms with Crippen LogP contribution in [0.5, 0.6) is 5.75 Å². The molecule has 4 heteroatoms. The molecule has 15 heavy (non-hydrogen) atoms. The fraction of sp³-hybridized carbons (Fsp3) is 0.455. The Morgan fingerprint density at radius 1 is 1.47 bits per heavy atom. The van der Waals surface area contributed by atoms with Gasteiger partial charge in [-0.15, -0.1) is 0 Å². The van der Waals surface area contributed by atoms with E-state index in [1.54, 1.807) is 7.11 Å². The van der Waals surface area contributed by atoms with Crippen molar-refractivity contribution in [3.05, 3.63) is 23.2 Å². The van der Waals surface area contributed by atoms with Crippen LogP contribution in [0.4, 0.5) is 5.69 Å². The summed E-state index contributed by atoms with van der Waals surface area (Å²) in [6, 6.07) is 5.78. The Kier molecular flexibility index (Phi) is 4.72. The van der Waals surface area contributed by atoms with Crippen molar-refractivity contribution in [3.8, 4) is 5.75 Å². The van der Waals surface area contributed by atoms with Crippen molar-refractivity contribution in [1.29, 1.82) is 0 Å². The number of methoxy groups -OCH3 is 1. The Morgan fingerprint density at radius 3 is 2.80 bits per heavy atom. The first-order valence-corrected chi connectivity index (χ1v) is 5.26. The first-order valence-electron chi connectivity index (χ1n) is 4.88. The molecule has 0 fully saturated rings. The molecule has 1 aromatic carbocycles. The molecule has 0 radical (unpaired) electrons. The van der Waals surface area contributed by atoms with E-state index in [9.17, 15) is 0 Å². The molecule has 0 aliphatic heterocycles. The van der Waals surface area contributed by atoms with Gasteiger partial charge in [0.2, 0.25) is 0 Å². The number of anilines is 1. The zero-order valence-corrected chi connectivity index (χ0v) is 10.1. The van der Waals surface area contributed by atoms with Gasteiger partial charge in [-0.1, -0.05) is 11.6 Å². The predicted molar refractivity (Wildman–Crippen MR) is 65.2 cm³/mol. The van der Waals surface area contributed by atoms with E-state index >= 15 is 0 Å². The predicted octanol–water partition coefficient (Wildman–Crippen LogP) is 2.00. The van der Waals surface area contributed by atoms with E-state index in [1.165, 1.54) is 0 Å². The summed E-state index contributed by atoms with van der Waals surface area (Å²) in [4.78, 5) is 2.15. The summed E-state index contributed by atoms with van der Waals surface area (Å²) in [7, 11) is 5.61. The highest BCUT2D eigenvalue weighted by molar-refractivity contribution is 6.32. The van der Waals surface area contributed by atoms with Gasteiger partial charge < -0.3 is 15.0 Å². The van der Waals surface area contributed by atoms with Gasteiger partial charge in [-0.3, -0.25) is 0 Å². The SMILES string of the molecule is CNCCN(C)c1ccc(Cl)c(OC)c1. The summed E-state index contributed by atoms with van der Waals surface area (Å²) in [5, 5.41) is 3.75. The maximum atomic E-state index is 5.95. The van der Waals surface area contributed by atoms with Crippen LogP contribution in [0, 0.1) is 0 Å². The van der Waals surface area contributed by atoms with Gasteiger partial charge in [0.1, 0.15) is 5.75 Å². The quantitative estimate of drug-likeness (QED) is 0.835. The highest BCUT2D eigenvalue weighted by atomic mass is 35.5. The third-order valence-corrected chi connectivity index (χ3v) is 2.58. The van der Waals surface area contributed by atoms with Gasteiger partial charge in [0.15, 0.2) is 0 Å². The van der Waals surface area contributed by atoms with Crippen LogP contribution in [-0.2, 0) is 0 Å². The molecule has 1 N–H and O–H groups in total. The van der Waals surface area contributed by atoms with Crippen molar-refractivity contribution >= 4 is 17.3 Å². The number of nitrogens with one attached hydrogen (secondary N) is 1. The van der Waals surface area contributed by atoms with Gasteiger partial charge in [0.05, 0.1) is 12.1 Å². The Balaban J connectivity index is 2.76. The van der Waals surface area contributed by atoms with E-state index in [1.807, 2.05) is 32.3 Å². The summed E-state index contributed by atoms with van der Waals surface area (Å²) >= 11 is 5.95. The highest BCUT2D eigenvalue weighted by Crippen LogP contribution is 2.28. The first kappa shape index (κ1) is 12.1. The lowest BCUT2D eigenvalue weighted by Gasteiger charge is -2.19. The van der Waals surface area contributed by atoms with E-state index in [-0.39, 0.29) is 0 Å². The van der Waals surface area contributed by atoms with Crippen LogP contribution in [0.3, 0.4) is 0 Å². The van der Waals surface area contributed by atoms with Gasteiger partial charge in [-0.05, 0) is 19.2 Å². The van der Waals surface area contributed by atoms with Crippen LogP contribution in [0.1, 0.15) is 0 Å². The number of nitrogens with zero attached hydrogens (tertiary/aromatic N) is 1. The molecule has 84 valence electrons. The average molecular weight is 229 g/mol. The minimum absolute atomic E-state index is 0.642. The van der Waals surface area contributed by atoms with Gasteiger partial charge in [-0.2, -0.15) is 0 Å². The second-order valence-corrected chi connectivity index (χ2v) is 3.75.